The van der Waals surface area contributed by atoms with Crippen LogP contribution in [0.15, 0.2) is 29.1 Å². The maximum absolute atomic E-state index is 12.2. The van der Waals surface area contributed by atoms with Crippen molar-refractivity contribution >= 4 is 39.3 Å². The van der Waals surface area contributed by atoms with Crippen molar-refractivity contribution in [1.29, 1.82) is 0 Å². The van der Waals surface area contributed by atoms with Gasteiger partial charge in [-0.25, -0.2) is 9.97 Å². The summed E-state index contributed by atoms with van der Waals surface area (Å²) in [6.07, 6.45) is 4.67. The molecule has 1 N–H and O–H groups in total. The van der Waals surface area contributed by atoms with E-state index in [4.69, 9.17) is 11.6 Å². The van der Waals surface area contributed by atoms with E-state index in [0.29, 0.717) is 11.5 Å². The second kappa shape index (κ2) is 5.71. The highest BCUT2D eigenvalue weighted by atomic mass is 79.9. The fourth-order valence-electron chi connectivity index (χ4n) is 1.61. The zero-order valence-corrected chi connectivity index (χ0v) is 12.7. The lowest BCUT2D eigenvalue weighted by atomic mass is 10.3. The molecule has 7 heteroatoms. The van der Waals surface area contributed by atoms with Gasteiger partial charge in [-0.05, 0) is 35.8 Å². The Bertz CT molecular complexity index is 594. The molecule has 0 aliphatic rings. The van der Waals surface area contributed by atoms with Crippen molar-refractivity contribution in [2.75, 3.05) is 5.32 Å². The van der Waals surface area contributed by atoms with E-state index in [-0.39, 0.29) is 17.1 Å². The molecule has 100 valence electrons. The third-order valence-electron chi connectivity index (χ3n) is 2.47. The summed E-state index contributed by atoms with van der Waals surface area (Å²) in [7, 11) is 0. The molecule has 2 heterocycles. The van der Waals surface area contributed by atoms with Crippen LogP contribution in [0, 0.1) is 0 Å². The summed E-state index contributed by atoms with van der Waals surface area (Å²) < 4.78 is 2.73. The third-order valence-corrected chi connectivity index (χ3v) is 3.09. The quantitative estimate of drug-likeness (QED) is 0.927. The number of hydrogen-bond acceptors (Lipinski definition) is 3. The number of anilines is 1. The van der Waals surface area contributed by atoms with E-state index in [0.717, 1.165) is 4.47 Å². The summed E-state index contributed by atoms with van der Waals surface area (Å²) in [6, 6.07) is 1.95. The minimum atomic E-state index is -0.240. The lowest BCUT2D eigenvalue weighted by molar-refractivity contribution is 0.101. The molecule has 2 aromatic rings. The summed E-state index contributed by atoms with van der Waals surface area (Å²) in [4.78, 5) is 20.0. The Morgan fingerprint density at radius 3 is 2.74 bits per heavy atom. The largest absolute Gasteiger partial charge is 0.340 e. The van der Waals surface area contributed by atoms with E-state index in [1.807, 2.05) is 24.6 Å². The number of aromatic nitrogens is 3. The molecular weight excluding hydrogens is 332 g/mol. The molecule has 0 aliphatic carbocycles. The van der Waals surface area contributed by atoms with Gasteiger partial charge in [-0.3, -0.25) is 4.79 Å². The van der Waals surface area contributed by atoms with Crippen molar-refractivity contribution in [3.05, 3.63) is 40.0 Å². The molecule has 0 radical (unpaired) electrons. The van der Waals surface area contributed by atoms with Crippen molar-refractivity contribution in [2.24, 2.45) is 0 Å². The maximum Gasteiger partial charge on any atom is 0.273 e. The van der Waals surface area contributed by atoms with Crippen LogP contribution in [-0.4, -0.2) is 20.4 Å². The van der Waals surface area contributed by atoms with Crippen molar-refractivity contribution in [3.8, 4) is 0 Å². The number of carbonyl (C=O) groups excluding carboxylic acids is 1. The first-order valence-electron chi connectivity index (χ1n) is 5.63. The summed E-state index contributed by atoms with van der Waals surface area (Å²) in [5, 5.41) is 2.96. The van der Waals surface area contributed by atoms with Crippen LogP contribution >= 0.6 is 27.5 Å². The Labute approximate surface area is 124 Å². The highest BCUT2D eigenvalue weighted by molar-refractivity contribution is 9.10. The van der Waals surface area contributed by atoms with Gasteiger partial charge in [0.2, 0.25) is 0 Å². The smallest absolute Gasteiger partial charge is 0.273 e. The van der Waals surface area contributed by atoms with E-state index in [1.54, 1.807) is 6.07 Å². The molecule has 2 aromatic heterocycles. The van der Waals surface area contributed by atoms with Gasteiger partial charge in [0, 0.05) is 16.7 Å². The number of hydrogen-bond donors (Lipinski definition) is 1. The number of amides is 1. The molecule has 0 unspecified atom stereocenters. The van der Waals surface area contributed by atoms with Crippen molar-refractivity contribution < 1.29 is 4.79 Å². The Morgan fingerprint density at radius 1 is 1.42 bits per heavy atom. The van der Waals surface area contributed by atoms with Gasteiger partial charge in [-0.15, -0.1) is 0 Å². The van der Waals surface area contributed by atoms with Gasteiger partial charge in [0.1, 0.15) is 10.8 Å². The van der Waals surface area contributed by atoms with E-state index < -0.39 is 0 Å². The lowest BCUT2D eigenvalue weighted by Gasteiger charge is -2.12. The predicted octanol–water partition coefficient (Wildman–Crippen LogP) is 3.53. The second-order valence-electron chi connectivity index (χ2n) is 4.22. The molecule has 0 atom stereocenters. The second-order valence-corrected chi connectivity index (χ2v) is 5.53. The van der Waals surface area contributed by atoms with E-state index in [2.05, 4.69) is 31.2 Å². The number of halogens is 2. The molecule has 1 amide bonds. The van der Waals surface area contributed by atoms with Crippen LogP contribution in [0.1, 0.15) is 30.4 Å². The molecule has 0 aliphatic heterocycles. The first kappa shape index (κ1) is 14.0. The number of rotatable bonds is 3. The standard InChI is InChI=1S/C12H12BrClN4O/c1-7(2)18-6-8(13)3-9(18)12(19)17-11-5-15-10(14)4-16-11/h3-7H,1-2H3,(H,16,17,19). The highest BCUT2D eigenvalue weighted by Gasteiger charge is 2.15. The predicted molar refractivity (Wildman–Crippen MR) is 77.5 cm³/mol. The zero-order chi connectivity index (χ0) is 14.0. The van der Waals surface area contributed by atoms with Crippen LogP contribution in [0.2, 0.25) is 5.15 Å². The number of nitrogens with one attached hydrogen (secondary N) is 1. The minimum Gasteiger partial charge on any atom is -0.340 e. The fraction of sp³-hybridized carbons (Fsp3) is 0.250. The summed E-state index contributed by atoms with van der Waals surface area (Å²) >= 11 is 9.01. The van der Waals surface area contributed by atoms with Crippen LogP contribution in [0.25, 0.3) is 0 Å². The molecular formula is C12H12BrClN4O. The Morgan fingerprint density at radius 2 is 2.16 bits per heavy atom. The average molecular weight is 344 g/mol. The summed E-state index contributed by atoms with van der Waals surface area (Å²) in [6.45, 7) is 4.01. The minimum absolute atomic E-state index is 0.184. The molecule has 0 bridgehead atoms. The molecule has 0 spiro atoms. The third kappa shape index (κ3) is 3.33. The summed E-state index contributed by atoms with van der Waals surface area (Å²) in [5.41, 5.74) is 0.554. The van der Waals surface area contributed by atoms with Gasteiger partial charge >= 0.3 is 0 Å². The number of carbonyl (C=O) groups is 1. The van der Waals surface area contributed by atoms with Gasteiger partial charge < -0.3 is 9.88 Å². The molecule has 5 nitrogen and oxygen atoms in total. The normalized spacial score (nSPS) is 10.8. The van der Waals surface area contributed by atoms with E-state index in [9.17, 15) is 4.79 Å². The first-order chi connectivity index (χ1) is 8.97. The average Bonchev–Trinajstić information content (AvgIpc) is 2.74. The topological polar surface area (TPSA) is 59.8 Å². The number of nitrogens with zero attached hydrogens (tertiary/aromatic N) is 3. The molecule has 0 saturated carbocycles. The van der Waals surface area contributed by atoms with Crippen LogP contribution in [0.4, 0.5) is 5.82 Å². The lowest BCUT2D eigenvalue weighted by Crippen LogP contribution is -2.18. The van der Waals surface area contributed by atoms with Crippen LogP contribution in [0.3, 0.4) is 0 Å². The molecule has 0 aromatic carbocycles. The fourth-order valence-corrected chi connectivity index (χ4v) is 2.15. The molecule has 0 saturated heterocycles. The Hall–Kier alpha value is -1.40. The van der Waals surface area contributed by atoms with Gasteiger partial charge in [0.15, 0.2) is 5.82 Å². The van der Waals surface area contributed by atoms with Crippen molar-refractivity contribution in [1.82, 2.24) is 14.5 Å². The van der Waals surface area contributed by atoms with Crippen molar-refractivity contribution in [3.63, 3.8) is 0 Å². The van der Waals surface area contributed by atoms with E-state index >= 15 is 0 Å². The monoisotopic (exact) mass is 342 g/mol. The molecule has 0 fully saturated rings. The van der Waals surface area contributed by atoms with Crippen molar-refractivity contribution in [2.45, 2.75) is 19.9 Å². The highest BCUT2D eigenvalue weighted by Crippen LogP contribution is 2.20. The van der Waals surface area contributed by atoms with Gasteiger partial charge in [-0.2, -0.15) is 0 Å². The Kier molecular flexibility index (Phi) is 4.21. The maximum atomic E-state index is 12.2. The molecule has 19 heavy (non-hydrogen) atoms. The molecule has 2 rings (SSSR count). The SMILES string of the molecule is CC(C)n1cc(Br)cc1C(=O)Nc1cnc(Cl)cn1. The van der Waals surface area contributed by atoms with Gasteiger partial charge in [0.05, 0.1) is 12.4 Å². The van der Waals surface area contributed by atoms with E-state index in [1.165, 1.54) is 12.4 Å². The first-order valence-corrected chi connectivity index (χ1v) is 6.80. The Balaban J connectivity index is 2.22. The van der Waals surface area contributed by atoms with Crippen LogP contribution < -0.4 is 5.32 Å². The van der Waals surface area contributed by atoms with Crippen LogP contribution in [0.5, 0.6) is 0 Å². The van der Waals surface area contributed by atoms with Gasteiger partial charge in [0.25, 0.3) is 5.91 Å². The van der Waals surface area contributed by atoms with Crippen LogP contribution in [-0.2, 0) is 0 Å². The zero-order valence-electron chi connectivity index (χ0n) is 10.4. The van der Waals surface area contributed by atoms with Gasteiger partial charge in [-0.1, -0.05) is 11.6 Å². The summed E-state index contributed by atoms with van der Waals surface area (Å²) in [5.74, 6) is 0.123.